The van der Waals surface area contributed by atoms with Crippen molar-refractivity contribution in [2.45, 2.75) is 62.1 Å². The molecule has 0 unspecified atom stereocenters. The Labute approximate surface area is 229 Å². The summed E-state index contributed by atoms with van der Waals surface area (Å²) in [7, 11) is 0. The summed E-state index contributed by atoms with van der Waals surface area (Å²) < 4.78 is 12.6. The lowest BCUT2D eigenvalue weighted by Crippen LogP contribution is -2.52. The van der Waals surface area contributed by atoms with Crippen molar-refractivity contribution in [1.82, 2.24) is 0 Å². The summed E-state index contributed by atoms with van der Waals surface area (Å²) in [4.78, 5) is 14.3. The van der Waals surface area contributed by atoms with Crippen molar-refractivity contribution in [2.75, 3.05) is 31.2 Å². The molecule has 202 valence electrons. The van der Waals surface area contributed by atoms with Gasteiger partial charge in [0.2, 0.25) is 0 Å². The molecule has 2 heterocycles. The van der Waals surface area contributed by atoms with E-state index in [1.54, 1.807) is 18.2 Å². The molecule has 2 aromatic carbocycles. The third-order valence-corrected chi connectivity index (χ3v) is 9.73. The number of carbonyl (C=O) groups is 1. The van der Waals surface area contributed by atoms with E-state index in [4.69, 9.17) is 21.1 Å². The highest BCUT2D eigenvalue weighted by molar-refractivity contribution is 6.30. The minimum Gasteiger partial charge on any atom is -0.490 e. The molecule has 6 nitrogen and oxygen atoms in total. The molecule has 38 heavy (non-hydrogen) atoms. The van der Waals surface area contributed by atoms with Crippen molar-refractivity contribution in [3.8, 4) is 5.75 Å². The molecule has 7 heteroatoms. The van der Waals surface area contributed by atoms with Gasteiger partial charge in [0.25, 0.3) is 0 Å². The first-order valence-corrected chi connectivity index (χ1v) is 14.2. The minimum atomic E-state index is -0.940. The van der Waals surface area contributed by atoms with E-state index in [-0.39, 0.29) is 17.1 Å². The van der Waals surface area contributed by atoms with Crippen LogP contribution in [0.5, 0.6) is 5.75 Å². The number of nitrogens with zero attached hydrogens (tertiary/aromatic N) is 1. The van der Waals surface area contributed by atoms with Crippen LogP contribution in [0.4, 0.5) is 5.69 Å². The van der Waals surface area contributed by atoms with Gasteiger partial charge in [-0.05, 0) is 85.4 Å². The van der Waals surface area contributed by atoms with E-state index in [0.29, 0.717) is 37.9 Å². The number of aromatic carboxylic acids is 1. The molecule has 0 amide bonds. The van der Waals surface area contributed by atoms with Gasteiger partial charge >= 0.3 is 5.97 Å². The molecular weight excluding hydrogens is 502 g/mol. The van der Waals surface area contributed by atoms with E-state index < -0.39 is 11.6 Å². The lowest BCUT2D eigenvalue weighted by molar-refractivity contribution is -0.125. The summed E-state index contributed by atoms with van der Waals surface area (Å²) in [6, 6.07) is 11.4. The van der Waals surface area contributed by atoms with Crippen molar-refractivity contribution >= 4 is 23.3 Å². The number of aliphatic hydroxyl groups is 1. The molecule has 2 aliphatic heterocycles. The Morgan fingerprint density at radius 1 is 1.21 bits per heavy atom. The van der Waals surface area contributed by atoms with Crippen LogP contribution in [0.2, 0.25) is 5.02 Å². The zero-order chi connectivity index (χ0) is 26.5. The summed E-state index contributed by atoms with van der Waals surface area (Å²) in [6.07, 6.45) is 8.07. The lowest BCUT2D eigenvalue weighted by atomic mass is 9.67. The number of fused-ring (bicyclic) bond motifs is 3. The second kappa shape index (κ2) is 9.89. The third kappa shape index (κ3) is 4.61. The third-order valence-electron chi connectivity index (χ3n) is 9.49. The molecule has 1 saturated heterocycles. The van der Waals surface area contributed by atoms with Gasteiger partial charge in [-0.3, -0.25) is 0 Å². The molecule has 6 rings (SSSR count). The van der Waals surface area contributed by atoms with Gasteiger partial charge < -0.3 is 24.6 Å². The number of hydrogen-bond donors (Lipinski definition) is 2. The predicted molar refractivity (Wildman–Crippen MR) is 148 cm³/mol. The van der Waals surface area contributed by atoms with Crippen molar-refractivity contribution < 1.29 is 24.5 Å². The van der Waals surface area contributed by atoms with E-state index >= 15 is 0 Å². The zero-order valence-corrected chi connectivity index (χ0v) is 22.5. The number of aryl methyl sites for hydroxylation is 1. The first-order valence-electron chi connectivity index (χ1n) is 13.8. The molecule has 0 radical (unpaired) electrons. The average molecular weight is 538 g/mol. The fraction of sp³-hybridized carbons (Fsp3) is 0.516. The largest absolute Gasteiger partial charge is 0.490 e. The number of anilines is 1. The highest BCUT2D eigenvalue weighted by Gasteiger charge is 2.46. The van der Waals surface area contributed by atoms with Crippen LogP contribution in [0.1, 0.15) is 60.0 Å². The molecule has 1 spiro atoms. The smallest absolute Gasteiger partial charge is 0.335 e. The van der Waals surface area contributed by atoms with Gasteiger partial charge in [0.15, 0.2) is 0 Å². The Balaban J connectivity index is 1.33. The molecule has 0 bridgehead atoms. The molecule has 5 atom stereocenters. The van der Waals surface area contributed by atoms with E-state index in [1.165, 1.54) is 11.1 Å². The van der Waals surface area contributed by atoms with Crippen molar-refractivity contribution in [2.24, 2.45) is 11.8 Å². The summed E-state index contributed by atoms with van der Waals surface area (Å²) in [6.45, 7) is 6.49. The van der Waals surface area contributed by atoms with Crippen LogP contribution >= 0.6 is 11.6 Å². The van der Waals surface area contributed by atoms with Crippen LogP contribution in [0, 0.1) is 11.8 Å². The van der Waals surface area contributed by atoms with Gasteiger partial charge in [-0.25, -0.2) is 4.79 Å². The number of rotatable bonds is 5. The summed E-state index contributed by atoms with van der Waals surface area (Å²) in [5.74, 6) is 0.534. The molecule has 2 fully saturated rings. The van der Waals surface area contributed by atoms with E-state index in [1.807, 2.05) is 12.1 Å². The maximum atomic E-state index is 11.9. The summed E-state index contributed by atoms with van der Waals surface area (Å²) in [5, 5.41) is 21.4. The maximum Gasteiger partial charge on any atom is 0.335 e. The average Bonchev–Trinajstić information content (AvgIpc) is 3.03. The standard InChI is InChI=1S/C31H36ClNO5/c1-2-31(36)12-13-37-28(16-31)24-8-5-22(24)17-33-18-30(11-3-4-20-14-23(32)7-9-25(20)30)19-38-27-10-6-21(29(34)35)15-26(27)33/h2,6-7,9-10,14-15,22,24,28,36H,1,3-5,8,11-13,16-19H2,(H,34,35)/t22-,24+,28+,30-,31+/m0/s1. The highest BCUT2D eigenvalue weighted by atomic mass is 35.5. The van der Waals surface area contributed by atoms with Crippen molar-refractivity contribution in [3.05, 3.63) is 70.8 Å². The number of benzene rings is 2. The molecule has 4 aliphatic rings. The molecule has 1 saturated carbocycles. The Bertz CT molecular complexity index is 1250. The second-order valence-corrected chi connectivity index (χ2v) is 12.2. The molecular formula is C31H36ClNO5. The molecule has 2 N–H and O–H groups in total. The van der Waals surface area contributed by atoms with Gasteiger partial charge in [0.05, 0.1) is 36.2 Å². The quantitative estimate of drug-likeness (QED) is 0.481. The first kappa shape index (κ1) is 25.7. The zero-order valence-electron chi connectivity index (χ0n) is 21.7. The van der Waals surface area contributed by atoms with Gasteiger partial charge in [-0.1, -0.05) is 23.7 Å². The first-order chi connectivity index (χ1) is 18.3. The van der Waals surface area contributed by atoms with Crippen LogP contribution in [0.25, 0.3) is 0 Å². The fourth-order valence-corrected chi connectivity index (χ4v) is 7.39. The van der Waals surface area contributed by atoms with Crippen molar-refractivity contribution in [3.63, 3.8) is 0 Å². The number of carboxylic acid groups (broad SMARTS) is 1. The van der Waals surface area contributed by atoms with Gasteiger partial charge in [0, 0.05) is 36.4 Å². The summed E-state index contributed by atoms with van der Waals surface area (Å²) in [5.41, 5.74) is 2.62. The molecule has 2 aliphatic carbocycles. The van der Waals surface area contributed by atoms with E-state index in [2.05, 4.69) is 23.6 Å². The van der Waals surface area contributed by atoms with Crippen LogP contribution in [-0.2, 0) is 16.6 Å². The van der Waals surface area contributed by atoms with Gasteiger partial charge in [-0.15, -0.1) is 6.58 Å². The highest BCUT2D eigenvalue weighted by Crippen LogP contribution is 2.48. The van der Waals surface area contributed by atoms with Crippen molar-refractivity contribution in [1.29, 1.82) is 0 Å². The van der Waals surface area contributed by atoms with Crippen LogP contribution in [-0.4, -0.2) is 54.2 Å². The fourth-order valence-electron chi connectivity index (χ4n) is 7.20. The van der Waals surface area contributed by atoms with Gasteiger partial charge in [-0.2, -0.15) is 0 Å². The SMILES string of the molecule is C=C[C@@]1(O)CCO[C@@H]([C@@H]2CC[C@H]2CN2C[C@@]3(CCCc4cc(Cl)ccc43)COc3ccc(C(=O)O)cc32)C1. The predicted octanol–water partition coefficient (Wildman–Crippen LogP) is 5.63. The van der Waals surface area contributed by atoms with E-state index in [9.17, 15) is 15.0 Å². The van der Waals surface area contributed by atoms with Gasteiger partial charge in [0.1, 0.15) is 5.75 Å². The Morgan fingerprint density at radius 2 is 2.08 bits per heavy atom. The Morgan fingerprint density at radius 3 is 2.84 bits per heavy atom. The van der Waals surface area contributed by atoms with Crippen LogP contribution < -0.4 is 9.64 Å². The van der Waals surface area contributed by atoms with E-state index in [0.717, 1.165) is 61.7 Å². The van der Waals surface area contributed by atoms with Crippen LogP contribution in [0.3, 0.4) is 0 Å². The number of carboxylic acids is 1. The minimum absolute atomic E-state index is 0.00469. The Hall–Kier alpha value is -2.54. The maximum absolute atomic E-state index is 11.9. The second-order valence-electron chi connectivity index (χ2n) is 11.8. The molecule has 0 aromatic heterocycles. The van der Waals surface area contributed by atoms with Crippen LogP contribution in [0.15, 0.2) is 49.1 Å². The number of hydrogen-bond acceptors (Lipinski definition) is 5. The topological polar surface area (TPSA) is 79.2 Å². The lowest BCUT2D eigenvalue weighted by Gasteiger charge is -2.48. The monoisotopic (exact) mass is 537 g/mol. The number of ether oxygens (including phenoxy) is 2. The Kier molecular flexibility index (Phi) is 6.69. The normalized spacial score (nSPS) is 32.4. The summed E-state index contributed by atoms with van der Waals surface area (Å²) >= 11 is 6.37. The number of halogens is 1. The molecule has 2 aromatic rings.